The van der Waals surface area contributed by atoms with Crippen molar-refractivity contribution in [3.8, 4) is 5.75 Å². The SMILES string of the molecule is O=C([N-]Cc1ccc2[nH]c(Cc3ccccc3)cc2c1)c1ccc(O)c(F)c1.[Na+]. The molecule has 29 heavy (non-hydrogen) atoms. The molecule has 1 amide bonds. The number of aromatic hydroxyl groups is 1. The van der Waals surface area contributed by atoms with Crippen LogP contribution in [0.2, 0.25) is 0 Å². The quantitative estimate of drug-likeness (QED) is 0.509. The number of carbonyl (C=O) groups excluding carboxylic acids is 1. The Morgan fingerprint density at radius 3 is 2.52 bits per heavy atom. The van der Waals surface area contributed by atoms with E-state index in [0.717, 1.165) is 40.7 Å². The molecule has 0 unspecified atom stereocenters. The third-order valence-corrected chi connectivity index (χ3v) is 4.58. The molecule has 0 saturated heterocycles. The topological polar surface area (TPSA) is 67.2 Å². The van der Waals surface area contributed by atoms with Gasteiger partial charge in [-0.2, -0.15) is 0 Å². The summed E-state index contributed by atoms with van der Waals surface area (Å²) in [5, 5.41) is 14.3. The molecule has 0 aliphatic carbocycles. The van der Waals surface area contributed by atoms with Crippen LogP contribution in [0, 0.1) is 5.82 Å². The van der Waals surface area contributed by atoms with Gasteiger partial charge >= 0.3 is 29.6 Å². The summed E-state index contributed by atoms with van der Waals surface area (Å²) in [4.78, 5) is 15.5. The molecular weight excluding hydrogens is 378 g/mol. The molecule has 4 nitrogen and oxygen atoms in total. The Kier molecular flexibility index (Phi) is 6.75. The van der Waals surface area contributed by atoms with Gasteiger partial charge in [0.25, 0.3) is 0 Å². The number of hydrogen-bond donors (Lipinski definition) is 2. The van der Waals surface area contributed by atoms with Gasteiger partial charge in [-0.15, -0.1) is 6.54 Å². The zero-order chi connectivity index (χ0) is 19.5. The molecule has 0 bridgehead atoms. The predicted molar refractivity (Wildman–Crippen MR) is 107 cm³/mol. The molecule has 2 N–H and O–H groups in total. The maximum absolute atomic E-state index is 13.4. The van der Waals surface area contributed by atoms with Gasteiger partial charge in [0, 0.05) is 23.2 Å². The number of nitrogens with zero attached hydrogens (tertiary/aromatic N) is 1. The minimum atomic E-state index is -0.833. The van der Waals surface area contributed by atoms with Crippen LogP contribution in [-0.2, 0) is 13.0 Å². The number of rotatable bonds is 5. The summed E-state index contributed by atoms with van der Waals surface area (Å²) in [7, 11) is 0. The van der Waals surface area contributed by atoms with Crippen LogP contribution in [-0.4, -0.2) is 16.0 Å². The Morgan fingerprint density at radius 2 is 1.76 bits per heavy atom. The number of aromatic nitrogens is 1. The fraction of sp³-hybridized carbons (Fsp3) is 0.0870. The van der Waals surface area contributed by atoms with E-state index in [-0.39, 0.29) is 41.7 Å². The Labute approximate surface area is 190 Å². The number of phenolic OH excluding ortho intramolecular Hbond substituents is 1. The number of nitrogens with one attached hydrogen (secondary N) is 1. The van der Waals surface area contributed by atoms with Gasteiger partial charge < -0.3 is 20.2 Å². The molecule has 3 aromatic carbocycles. The summed E-state index contributed by atoms with van der Waals surface area (Å²) in [6.45, 7) is 0.205. The summed E-state index contributed by atoms with van der Waals surface area (Å²) in [6, 6.07) is 21.7. The molecule has 140 valence electrons. The van der Waals surface area contributed by atoms with Crippen molar-refractivity contribution < 1.29 is 43.8 Å². The van der Waals surface area contributed by atoms with Crippen molar-refractivity contribution in [2.75, 3.05) is 0 Å². The maximum Gasteiger partial charge on any atom is 1.00 e. The number of hydrogen-bond acceptors (Lipinski definition) is 2. The molecule has 4 rings (SSSR count). The number of H-pyrrole nitrogens is 1. The van der Waals surface area contributed by atoms with Crippen molar-refractivity contribution >= 4 is 16.8 Å². The molecule has 0 aliphatic rings. The van der Waals surface area contributed by atoms with Crippen LogP contribution < -0.4 is 29.6 Å². The first-order valence-corrected chi connectivity index (χ1v) is 8.93. The number of amides is 1. The average Bonchev–Trinajstić information content (AvgIpc) is 3.10. The Hall–Kier alpha value is -2.60. The van der Waals surface area contributed by atoms with Gasteiger partial charge in [-0.25, -0.2) is 4.39 Å². The first-order chi connectivity index (χ1) is 13.6. The van der Waals surface area contributed by atoms with E-state index in [2.05, 4.69) is 28.5 Å². The van der Waals surface area contributed by atoms with Gasteiger partial charge in [0.1, 0.15) is 0 Å². The molecule has 1 heterocycles. The molecule has 0 radical (unpaired) electrons. The zero-order valence-corrected chi connectivity index (χ0v) is 18.0. The van der Waals surface area contributed by atoms with Crippen LogP contribution in [0.3, 0.4) is 0 Å². The van der Waals surface area contributed by atoms with Crippen molar-refractivity contribution in [1.29, 1.82) is 0 Å². The van der Waals surface area contributed by atoms with Crippen LogP contribution in [0.4, 0.5) is 4.39 Å². The van der Waals surface area contributed by atoms with E-state index in [1.807, 2.05) is 36.4 Å². The first-order valence-electron chi connectivity index (χ1n) is 8.93. The number of phenols is 1. The largest absolute Gasteiger partial charge is 1.00 e. The van der Waals surface area contributed by atoms with E-state index < -0.39 is 17.5 Å². The van der Waals surface area contributed by atoms with Crippen LogP contribution in [0.1, 0.15) is 27.2 Å². The number of benzene rings is 3. The smallest absolute Gasteiger partial charge is 0.646 e. The van der Waals surface area contributed by atoms with Crippen LogP contribution >= 0.6 is 0 Å². The molecular formula is C23H18FN2NaO2. The summed E-state index contributed by atoms with van der Waals surface area (Å²) in [5.41, 5.74) is 4.39. The average molecular weight is 396 g/mol. The van der Waals surface area contributed by atoms with Crippen molar-refractivity contribution in [1.82, 2.24) is 4.98 Å². The van der Waals surface area contributed by atoms with Crippen LogP contribution in [0.5, 0.6) is 5.75 Å². The molecule has 0 saturated carbocycles. The summed E-state index contributed by atoms with van der Waals surface area (Å²) >= 11 is 0. The van der Waals surface area contributed by atoms with Crippen LogP contribution in [0.25, 0.3) is 16.2 Å². The fourth-order valence-electron chi connectivity index (χ4n) is 3.15. The molecule has 6 heteroatoms. The maximum atomic E-state index is 13.4. The molecule has 0 atom stereocenters. The molecule has 4 aromatic rings. The Balaban J connectivity index is 0.00000240. The Bertz CT molecular complexity index is 1140. The monoisotopic (exact) mass is 396 g/mol. The van der Waals surface area contributed by atoms with Gasteiger partial charge in [-0.05, 0) is 41.3 Å². The minimum Gasteiger partial charge on any atom is -0.646 e. The van der Waals surface area contributed by atoms with E-state index >= 15 is 0 Å². The summed E-state index contributed by atoms with van der Waals surface area (Å²) in [5.74, 6) is -1.83. The van der Waals surface area contributed by atoms with Crippen molar-refractivity contribution in [3.05, 3.63) is 106 Å². The molecule has 1 aromatic heterocycles. The van der Waals surface area contributed by atoms with E-state index in [1.54, 1.807) is 0 Å². The second-order valence-corrected chi connectivity index (χ2v) is 6.67. The third kappa shape index (κ3) is 5.07. The van der Waals surface area contributed by atoms with Crippen molar-refractivity contribution in [3.63, 3.8) is 0 Å². The minimum absolute atomic E-state index is 0. The van der Waals surface area contributed by atoms with Crippen LogP contribution in [0.15, 0.2) is 72.8 Å². The standard InChI is InChI=1S/C23H19FN2O2.Na/c24-20-13-17(7-9-22(20)27)23(28)25-14-16-6-8-21-18(10-16)12-19(26-21)11-15-4-2-1-3-5-15;/h1-10,12-13,26H,11,14H2,(H2,25,27,28);/q;+1/p-1. The van der Waals surface area contributed by atoms with Gasteiger partial charge in [0.05, 0.1) is 5.91 Å². The van der Waals surface area contributed by atoms with Crippen molar-refractivity contribution in [2.24, 2.45) is 0 Å². The van der Waals surface area contributed by atoms with Gasteiger partial charge in [0.15, 0.2) is 11.6 Å². The summed E-state index contributed by atoms with van der Waals surface area (Å²) < 4.78 is 13.4. The number of fused-ring (bicyclic) bond motifs is 1. The molecule has 0 spiro atoms. The van der Waals surface area contributed by atoms with Gasteiger partial charge in [-0.3, -0.25) is 0 Å². The Morgan fingerprint density at radius 1 is 0.966 bits per heavy atom. The van der Waals surface area contributed by atoms with Crippen molar-refractivity contribution in [2.45, 2.75) is 13.0 Å². The molecule has 0 aliphatic heterocycles. The normalized spacial score (nSPS) is 10.5. The first kappa shape index (κ1) is 21.1. The predicted octanol–water partition coefficient (Wildman–Crippen LogP) is 2.32. The summed E-state index contributed by atoms with van der Waals surface area (Å²) in [6.07, 6.45) is 0.820. The van der Waals surface area contributed by atoms with E-state index in [0.29, 0.717) is 0 Å². The van der Waals surface area contributed by atoms with E-state index in [4.69, 9.17) is 0 Å². The molecule has 0 fully saturated rings. The van der Waals surface area contributed by atoms with E-state index in [1.165, 1.54) is 11.6 Å². The third-order valence-electron chi connectivity index (χ3n) is 4.58. The van der Waals surface area contributed by atoms with E-state index in [9.17, 15) is 14.3 Å². The second kappa shape index (κ2) is 9.27. The number of carbonyl (C=O) groups is 1. The second-order valence-electron chi connectivity index (χ2n) is 6.67. The fourth-order valence-corrected chi connectivity index (χ4v) is 3.15. The van der Waals surface area contributed by atoms with Gasteiger partial charge in [0.2, 0.25) is 0 Å². The zero-order valence-electron chi connectivity index (χ0n) is 16.0. The number of aromatic amines is 1. The van der Waals surface area contributed by atoms with Gasteiger partial charge in [-0.1, -0.05) is 48.0 Å². The number of halogens is 1.